The van der Waals surface area contributed by atoms with Crippen molar-refractivity contribution in [2.24, 2.45) is 5.92 Å². The number of aromatic nitrogens is 3. The molecule has 0 saturated heterocycles. The van der Waals surface area contributed by atoms with E-state index in [4.69, 9.17) is 15.5 Å². The number of fused-ring (bicyclic) bond motifs is 1. The number of nitrogens with zero attached hydrogens (tertiary/aromatic N) is 3. The van der Waals surface area contributed by atoms with Gasteiger partial charge in [-0.2, -0.15) is 0 Å². The normalized spacial score (nSPS) is 13.1. The molecule has 2 heterocycles. The number of hydrogen-bond donors (Lipinski definition) is 1. The van der Waals surface area contributed by atoms with Crippen LogP contribution in [0, 0.1) is 19.8 Å². The van der Waals surface area contributed by atoms with Gasteiger partial charge in [0.25, 0.3) is 0 Å². The van der Waals surface area contributed by atoms with Crippen LogP contribution in [-0.2, 0) is 17.3 Å². The van der Waals surface area contributed by atoms with Crippen molar-refractivity contribution in [3.63, 3.8) is 0 Å². The summed E-state index contributed by atoms with van der Waals surface area (Å²) in [7, 11) is 0. The summed E-state index contributed by atoms with van der Waals surface area (Å²) in [5.41, 5.74) is 13.7. The van der Waals surface area contributed by atoms with Gasteiger partial charge in [0.15, 0.2) is 0 Å². The summed E-state index contributed by atoms with van der Waals surface area (Å²) in [6.07, 6.45) is 2.61. The molecule has 0 amide bonds. The van der Waals surface area contributed by atoms with Gasteiger partial charge < -0.3 is 5.11 Å². The third kappa shape index (κ3) is 8.04. The Labute approximate surface area is 362 Å². The van der Waals surface area contributed by atoms with Crippen LogP contribution in [0.2, 0.25) is 0 Å². The zero-order valence-corrected chi connectivity index (χ0v) is 36.5. The molecule has 0 aliphatic heterocycles. The largest absolute Gasteiger partial charge is 0.507 e. The van der Waals surface area contributed by atoms with Crippen LogP contribution in [0.3, 0.4) is 0 Å². The number of rotatable bonds is 8. The quantitative estimate of drug-likeness (QED) is 0.167. The van der Waals surface area contributed by atoms with Gasteiger partial charge in [-0.1, -0.05) is 146 Å². The van der Waals surface area contributed by atoms with Crippen molar-refractivity contribution >= 4 is 11.0 Å². The van der Waals surface area contributed by atoms with Crippen LogP contribution >= 0.6 is 0 Å². The summed E-state index contributed by atoms with van der Waals surface area (Å²) >= 11 is 0. The summed E-state index contributed by atoms with van der Waals surface area (Å²) in [5.74, 6) is 1.32. The van der Waals surface area contributed by atoms with Crippen LogP contribution in [0.1, 0.15) is 88.7 Å². The maximum atomic E-state index is 12.0. The smallest absolute Gasteiger partial charge is 0.149 e. The minimum absolute atomic E-state index is 0.0470. The van der Waals surface area contributed by atoms with E-state index in [9.17, 15) is 5.11 Å². The second kappa shape index (κ2) is 15.7. The van der Waals surface area contributed by atoms with Crippen LogP contribution < -0.4 is 0 Å². The van der Waals surface area contributed by atoms with Crippen molar-refractivity contribution in [2.75, 3.05) is 0 Å². The van der Waals surface area contributed by atoms with Crippen molar-refractivity contribution < 1.29 is 10.6 Å². The van der Waals surface area contributed by atoms with Gasteiger partial charge in [-0.05, 0) is 130 Å². The van der Waals surface area contributed by atoms with Crippen LogP contribution in [0.15, 0.2) is 140 Å². The van der Waals surface area contributed by atoms with E-state index in [1.54, 1.807) is 19.2 Å². The fraction of sp³-hybridized carbons (Fsp3) is 0.250. The number of aromatic hydroxyl groups is 1. The highest BCUT2D eigenvalue weighted by molar-refractivity contribution is 5.98. The molecule has 8 aromatic rings. The molecule has 1 N–H and O–H groups in total. The standard InChI is InChI=1S/C56H57N3O/c1-35(2)27-38-21-24-50(47(29-38)40-15-12-11-13-16-40)59-51-18-14-17-46(52(51)58-54(59)48-34-44(55(5,6)7)28-37(4)53(48)60)42-30-43(32-45(31-42)56(8,9)10)49-33-41(25-26-57-49)39-22-19-36(3)20-23-39/h11-26,28-35,60H,27H2,1-10H3/i19D,20D,22D,23D. The van der Waals surface area contributed by atoms with E-state index in [-0.39, 0.29) is 46.3 Å². The van der Waals surface area contributed by atoms with E-state index >= 15 is 0 Å². The number of phenolic OH excluding ortho intramolecular Hbond substituents is 1. The maximum absolute atomic E-state index is 12.0. The molecule has 8 rings (SSSR count). The van der Waals surface area contributed by atoms with E-state index in [0.29, 0.717) is 34.1 Å². The zero-order chi connectivity index (χ0) is 46.0. The molecule has 0 spiro atoms. The maximum Gasteiger partial charge on any atom is 0.149 e. The van der Waals surface area contributed by atoms with Crippen molar-refractivity contribution in [1.82, 2.24) is 14.5 Å². The van der Waals surface area contributed by atoms with Crippen LogP contribution in [0.5, 0.6) is 5.75 Å². The van der Waals surface area contributed by atoms with Gasteiger partial charge in [0.05, 0.1) is 33.5 Å². The van der Waals surface area contributed by atoms with E-state index in [1.807, 2.05) is 19.1 Å². The van der Waals surface area contributed by atoms with Gasteiger partial charge >= 0.3 is 0 Å². The molecule has 4 heteroatoms. The number of imidazole rings is 1. The third-order valence-corrected chi connectivity index (χ3v) is 11.3. The molecule has 6 aromatic carbocycles. The molecule has 0 aliphatic rings. The summed E-state index contributed by atoms with van der Waals surface area (Å²) in [4.78, 5) is 10.4. The Kier molecular flexibility index (Phi) is 9.35. The Bertz CT molecular complexity index is 3070. The fourth-order valence-electron chi connectivity index (χ4n) is 7.99. The van der Waals surface area contributed by atoms with Crippen molar-refractivity contribution in [3.8, 4) is 67.5 Å². The van der Waals surface area contributed by atoms with Gasteiger partial charge in [0, 0.05) is 22.9 Å². The molecular formula is C56H57N3O. The predicted octanol–water partition coefficient (Wildman–Crippen LogP) is 14.9. The molecule has 0 unspecified atom stereocenters. The minimum Gasteiger partial charge on any atom is -0.507 e. The lowest BCUT2D eigenvalue weighted by Gasteiger charge is -2.22. The first-order valence-electron chi connectivity index (χ1n) is 23.0. The molecule has 0 saturated carbocycles. The number of pyridine rings is 1. The topological polar surface area (TPSA) is 50.9 Å². The van der Waals surface area contributed by atoms with Crippen molar-refractivity contribution in [3.05, 3.63) is 167 Å². The lowest BCUT2D eigenvalue weighted by molar-refractivity contribution is 0.471. The Balaban J connectivity index is 1.42. The Hall–Kier alpha value is -6.26. The third-order valence-electron chi connectivity index (χ3n) is 11.3. The second-order valence-electron chi connectivity index (χ2n) is 18.7. The average molecular weight is 792 g/mol. The highest BCUT2D eigenvalue weighted by Crippen LogP contribution is 2.44. The van der Waals surface area contributed by atoms with E-state index in [2.05, 4.69) is 151 Å². The van der Waals surface area contributed by atoms with E-state index < -0.39 is 0 Å². The van der Waals surface area contributed by atoms with Crippen LogP contribution in [0.4, 0.5) is 0 Å². The highest BCUT2D eigenvalue weighted by atomic mass is 16.3. The van der Waals surface area contributed by atoms with Gasteiger partial charge in [-0.3, -0.25) is 9.55 Å². The van der Waals surface area contributed by atoms with Crippen LogP contribution in [0.25, 0.3) is 72.7 Å². The summed E-state index contributed by atoms with van der Waals surface area (Å²) in [6.45, 7) is 21.2. The van der Waals surface area contributed by atoms with Crippen molar-refractivity contribution in [2.45, 2.75) is 86.5 Å². The molecule has 0 atom stereocenters. The second-order valence-corrected chi connectivity index (χ2v) is 18.7. The minimum atomic E-state index is -0.250. The molecule has 60 heavy (non-hydrogen) atoms. The Morgan fingerprint density at radius 2 is 1.33 bits per heavy atom. The first kappa shape index (κ1) is 35.7. The Morgan fingerprint density at radius 3 is 2.03 bits per heavy atom. The lowest BCUT2D eigenvalue weighted by Crippen LogP contribution is -2.12. The molecule has 0 bridgehead atoms. The molecule has 4 nitrogen and oxygen atoms in total. The fourth-order valence-corrected chi connectivity index (χ4v) is 7.99. The van der Waals surface area contributed by atoms with Crippen LogP contribution in [-0.4, -0.2) is 19.6 Å². The van der Waals surface area contributed by atoms with E-state index in [0.717, 1.165) is 67.6 Å². The summed E-state index contributed by atoms with van der Waals surface area (Å²) in [5, 5.41) is 12.0. The summed E-state index contributed by atoms with van der Waals surface area (Å²) < 4.78 is 36.9. The molecule has 0 radical (unpaired) electrons. The summed E-state index contributed by atoms with van der Waals surface area (Å²) in [6, 6.07) is 37.5. The molecule has 0 fully saturated rings. The number of para-hydroxylation sites is 1. The highest BCUT2D eigenvalue weighted by Gasteiger charge is 2.26. The van der Waals surface area contributed by atoms with Gasteiger partial charge in [0.2, 0.25) is 0 Å². The average Bonchev–Trinajstić information content (AvgIpc) is 3.64. The lowest BCUT2D eigenvalue weighted by atomic mass is 9.83. The van der Waals surface area contributed by atoms with Gasteiger partial charge in [-0.25, -0.2) is 4.98 Å². The molecule has 2 aromatic heterocycles. The number of benzene rings is 6. The number of phenols is 1. The Morgan fingerprint density at radius 1 is 0.633 bits per heavy atom. The first-order chi connectivity index (χ1) is 30.2. The monoisotopic (exact) mass is 791 g/mol. The molecule has 0 aliphatic carbocycles. The van der Waals surface area contributed by atoms with Crippen molar-refractivity contribution in [1.29, 1.82) is 0 Å². The predicted molar refractivity (Wildman–Crippen MR) is 253 cm³/mol. The number of hydrogen-bond acceptors (Lipinski definition) is 3. The first-order valence-corrected chi connectivity index (χ1v) is 21.0. The zero-order valence-electron chi connectivity index (χ0n) is 40.5. The van der Waals surface area contributed by atoms with Gasteiger partial charge in [-0.15, -0.1) is 0 Å². The van der Waals surface area contributed by atoms with Gasteiger partial charge in [0.1, 0.15) is 11.6 Å². The molecule has 302 valence electrons. The van der Waals surface area contributed by atoms with E-state index in [1.165, 1.54) is 5.56 Å². The molecular weight excluding hydrogens is 731 g/mol. The number of aryl methyl sites for hydroxylation is 1. The SMILES string of the molecule is [2H]c1c([2H])c(-c2ccnc(-c3cc(-c4cccc5c4nc(-c4cc(C(C)(C)C)cc(C)c4O)n5-c4ccc(CC(C)C)cc4-c4ccccc4)cc(C(C)(C)C)c3)c2)c([2H])c([2H])c1C.